The average molecular weight is 531 g/mol. The Bertz CT molecular complexity index is 806. The minimum Gasteiger partial charge on any atom is -0.493 e. The number of aliphatic imine (C=N–C) groups is 1. The van der Waals surface area contributed by atoms with Gasteiger partial charge in [-0.05, 0) is 48.1 Å². The third kappa shape index (κ3) is 6.88. The number of hydrogen-bond donors (Lipinski definition) is 2. The summed E-state index contributed by atoms with van der Waals surface area (Å²) in [5.41, 5.74) is 3.50. The number of ether oxygens (including phenoxy) is 3. The topological polar surface area (TPSA) is 64.1 Å². The van der Waals surface area contributed by atoms with Crippen LogP contribution in [0.15, 0.2) is 40.2 Å². The molecule has 0 saturated carbocycles. The van der Waals surface area contributed by atoms with Gasteiger partial charge >= 0.3 is 0 Å². The molecular formula is C21H30IN3O3S. The van der Waals surface area contributed by atoms with E-state index in [0.29, 0.717) is 30.3 Å². The van der Waals surface area contributed by atoms with Crippen molar-refractivity contribution in [3.05, 3.63) is 47.0 Å². The molecule has 0 spiro atoms. The van der Waals surface area contributed by atoms with E-state index in [0.717, 1.165) is 11.5 Å². The largest absolute Gasteiger partial charge is 0.493 e. The van der Waals surface area contributed by atoms with Crippen LogP contribution in [0.5, 0.6) is 17.2 Å². The van der Waals surface area contributed by atoms with Gasteiger partial charge < -0.3 is 24.8 Å². The van der Waals surface area contributed by atoms with Crippen molar-refractivity contribution in [3.8, 4) is 17.2 Å². The van der Waals surface area contributed by atoms with E-state index in [1.54, 1.807) is 40.1 Å². The molecule has 0 aliphatic carbocycles. The Morgan fingerprint density at radius 3 is 2.10 bits per heavy atom. The van der Waals surface area contributed by atoms with Gasteiger partial charge in [-0.15, -0.1) is 35.7 Å². The molecule has 0 aliphatic heterocycles. The van der Waals surface area contributed by atoms with Crippen molar-refractivity contribution in [1.29, 1.82) is 0 Å². The molecule has 0 bridgehead atoms. The van der Waals surface area contributed by atoms with Crippen molar-refractivity contribution >= 4 is 41.7 Å². The van der Waals surface area contributed by atoms with Gasteiger partial charge in [0.25, 0.3) is 0 Å². The molecule has 0 heterocycles. The summed E-state index contributed by atoms with van der Waals surface area (Å²) in [6.45, 7) is 3.37. The lowest BCUT2D eigenvalue weighted by Gasteiger charge is -2.16. The van der Waals surface area contributed by atoms with E-state index in [-0.39, 0.29) is 24.0 Å². The summed E-state index contributed by atoms with van der Waals surface area (Å²) in [4.78, 5) is 5.58. The van der Waals surface area contributed by atoms with E-state index in [2.05, 4.69) is 47.0 Å². The van der Waals surface area contributed by atoms with Crippen molar-refractivity contribution in [2.24, 2.45) is 4.99 Å². The Kier molecular flexibility index (Phi) is 11.0. The molecule has 8 heteroatoms. The van der Waals surface area contributed by atoms with Crippen LogP contribution in [0.25, 0.3) is 0 Å². The molecular weight excluding hydrogens is 501 g/mol. The van der Waals surface area contributed by atoms with Gasteiger partial charge in [-0.25, -0.2) is 0 Å². The predicted molar refractivity (Wildman–Crippen MR) is 132 cm³/mol. The van der Waals surface area contributed by atoms with E-state index in [4.69, 9.17) is 14.2 Å². The van der Waals surface area contributed by atoms with Gasteiger partial charge in [0.1, 0.15) is 0 Å². The number of aryl methyl sites for hydroxylation is 1. The maximum absolute atomic E-state index is 5.41. The number of benzene rings is 2. The molecule has 0 unspecified atom stereocenters. The van der Waals surface area contributed by atoms with Gasteiger partial charge in [0.2, 0.25) is 5.75 Å². The van der Waals surface area contributed by atoms with Crippen LogP contribution in [0.2, 0.25) is 0 Å². The molecule has 0 radical (unpaired) electrons. The summed E-state index contributed by atoms with van der Waals surface area (Å²) >= 11 is 1.75. The fourth-order valence-electron chi connectivity index (χ4n) is 2.82. The SMILES string of the molecule is CN=C(NCc1cc(OC)c(OC)c(OC)c1)NCc1ccc(C)cc1SC.I. The van der Waals surface area contributed by atoms with E-state index in [1.165, 1.54) is 16.0 Å². The predicted octanol–water partition coefficient (Wildman–Crippen LogP) is 4.23. The number of hydrogen-bond acceptors (Lipinski definition) is 5. The molecule has 2 N–H and O–H groups in total. The van der Waals surface area contributed by atoms with Crippen LogP contribution in [0.3, 0.4) is 0 Å². The minimum atomic E-state index is 0. The molecule has 0 aromatic heterocycles. The number of nitrogens with zero attached hydrogens (tertiary/aromatic N) is 1. The van der Waals surface area contributed by atoms with Crippen molar-refractivity contribution in [2.75, 3.05) is 34.6 Å². The van der Waals surface area contributed by atoms with Crippen LogP contribution >= 0.6 is 35.7 Å². The Hall–Kier alpha value is -1.81. The number of thioether (sulfide) groups is 1. The quantitative estimate of drug-likeness (QED) is 0.230. The highest BCUT2D eigenvalue weighted by Crippen LogP contribution is 2.38. The number of halogens is 1. The zero-order chi connectivity index (χ0) is 20.5. The fraction of sp³-hybridized carbons (Fsp3) is 0.381. The maximum Gasteiger partial charge on any atom is 0.203 e. The molecule has 0 aliphatic rings. The summed E-state index contributed by atoms with van der Waals surface area (Å²) in [5.74, 6) is 2.57. The van der Waals surface area contributed by atoms with Gasteiger partial charge in [0.05, 0.1) is 21.3 Å². The fourth-order valence-corrected chi connectivity index (χ4v) is 3.53. The average Bonchev–Trinajstić information content (AvgIpc) is 2.73. The van der Waals surface area contributed by atoms with Crippen LogP contribution in [0.1, 0.15) is 16.7 Å². The third-order valence-electron chi connectivity index (χ3n) is 4.30. The van der Waals surface area contributed by atoms with Crippen LogP contribution in [0.4, 0.5) is 0 Å². The van der Waals surface area contributed by atoms with Gasteiger partial charge in [0, 0.05) is 25.0 Å². The van der Waals surface area contributed by atoms with E-state index in [1.807, 2.05) is 12.1 Å². The standard InChI is InChI=1S/C21H29N3O3S.HI/c1-14-7-8-16(19(9-14)28-6)13-24-21(22-2)23-12-15-10-17(25-3)20(27-5)18(11-15)26-4;/h7-11H,12-13H2,1-6H3,(H2,22,23,24);1H. The summed E-state index contributed by atoms with van der Waals surface area (Å²) in [5, 5.41) is 6.69. The van der Waals surface area contributed by atoms with Crippen molar-refractivity contribution in [3.63, 3.8) is 0 Å². The van der Waals surface area contributed by atoms with E-state index in [9.17, 15) is 0 Å². The first-order chi connectivity index (χ1) is 13.6. The van der Waals surface area contributed by atoms with Crippen LogP contribution in [-0.2, 0) is 13.1 Å². The Morgan fingerprint density at radius 1 is 0.966 bits per heavy atom. The van der Waals surface area contributed by atoms with Crippen molar-refractivity contribution < 1.29 is 14.2 Å². The number of nitrogens with one attached hydrogen (secondary N) is 2. The van der Waals surface area contributed by atoms with Gasteiger partial charge in [-0.3, -0.25) is 4.99 Å². The molecule has 6 nitrogen and oxygen atoms in total. The minimum absolute atomic E-state index is 0. The van der Waals surface area contributed by atoms with E-state index < -0.39 is 0 Å². The van der Waals surface area contributed by atoms with Crippen molar-refractivity contribution in [2.45, 2.75) is 24.9 Å². The summed E-state index contributed by atoms with van der Waals surface area (Å²) < 4.78 is 16.2. The lowest BCUT2D eigenvalue weighted by molar-refractivity contribution is 0.323. The molecule has 2 rings (SSSR count). The highest BCUT2D eigenvalue weighted by atomic mass is 127. The Morgan fingerprint density at radius 2 is 1.59 bits per heavy atom. The lowest BCUT2D eigenvalue weighted by Crippen LogP contribution is -2.36. The lowest BCUT2D eigenvalue weighted by atomic mass is 10.1. The zero-order valence-corrected chi connectivity index (χ0v) is 20.9. The highest BCUT2D eigenvalue weighted by Gasteiger charge is 2.13. The van der Waals surface area contributed by atoms with Crippen molar-refractivity contribution in [1.82, 2.24) is 10.6 Å². The second-order valence-corrected chi connectivity index (χ2v) is 6.98. The number of rotatable bonds is 8. The van der Waals surface area contributed by atoms with Gasteiger partial charge in [-0.1, -0.05) is 12.1 Å². The van der Waals surface area contributed by atoms with Crippen LogP contribution < -0.4 is 24.8 Å². The Balaban J connectivity index is 0.00000420. The molecule has 0 saturated heterocycles. The molecule has 0 amide bonds. The van der Waals surface area contributed by atoms with E-state index >= 15 is 0 Å². The molecule has 2 aromatic carbocycles. The first-order valence-corrected chi connectivity index (χ1v) is 10.2. The molecule has 160 valence electrons. The summed E-state index contributed by atoms with van der Waals surface area (Å²) in [7, 11) is 6.58. The second kappa shape index (κ2) is 12.7. The first kappa shape index (κ1) is 25.2. The maximum atomic E-state index is 5.41. The number of guanidine groups is 1. The summed E-state index contributed by atoms with van der Waals surface area (Å²) in [6.07, 6.45) is 2.09. The molecule has 2 aromatic rings. The first-order valence-electron chi connectivity index (χ1n) is 8.93. The monoisotopic (exact) mass is 531 g/mol. The summed E-state index contributed by atoms with van der Waals surface area (Å²) in [6, 6.07) is 10.3. The second-order valence-electron chi connectivity index (χ2n) is 6.13. The smallest absolute Gasteiger partial charge is 0.203 e. The zero-order valence-electron chi connectivity index (χ0n) is 17.8. The Labute approximate surface area is 194 Å². The van der Waals surface area contributed by atoms with Gasteiger partial charge in [0.15, 0.2) is 17.5 Å². The molecule has 0 fully saturated rings. The highest BCUT2D eigenvalue weighted by molar-refractivity contribution is 14.0. The number of methoxy groups -OCH3 is 3. The van der Waals surface area contributed by atoms with Crippen LogP contribution in [-0.4, -0.2) is 40.6 Å². The molecule has 0 atom stereocenters. The van der Waals surface area contributed by atoms with Gasteiger partial charge in [-0.2, -0.15) is 0 Å². The van der Waals surface area contributed by atoms with Crippen LogP contribution in [0, 0.1) is 6.92 Å². The normalized spacial score (nSPS) is 10.8. The molecule has 29 heavy (non-hydrogen) atoms. The third-order valence-corrected chi connectivity index (χ3v) is 5.12.